The van der Waals surface area contributed by atoms with Crippen LogP contribution in [-0.2, 0) is 24.9 Å². The molecule has 0 saturated heterocycles. The Labute approximate surface area is 142 Å². The van der Waals surface area contributed by atoms with Crippen LogP contribution < -0.4 is 16.0 Å². The Morgan fingerprint density at radius 1 is 1.29 bits per heavy atom. The van der Waals surface area contributed by atoms with Gasteiger partial charge in [0.25, 0.3) is 0 Å². The fourth-order valence-corrected chi connectivity index (χ4v) is 2.21. The molecule has 2 aromatic rings. The van der Waals surface area contributed by atoms with E-state index in [-0.39, 0.29) is 5.91 Å². The van der Waals surface area contributed by atoms with Crippen molar-refractivity contribution >= 4 is 17.6 Å². The number of hydrogen-bond acceptors (Lipinski definition) is 3. The maximum Gasteiger partial charge on any atom is 0.221 e. The highest BCUT2D eigenvalue weighted by Crippen LogP contribution is 2.11. The predicted molar refractivity (Wildman–Crippen MR) is 95.6 cm³/mol. The molecular weight excluding hydrogens is 304 g/mol. The summed E-state index contributed by atoms with van der Waals surface area (Å²) in [5.41, 5.74) is 2.88. The van der Waals surface area contributed by atoms with Crippen LogP contribution in [0.2, 0.25) is 0 Å². The van der Waals surface area contributed by atoms with Gasteiger partial charge in [-0.15, -0.1) is 0 Å². The molecule has 0 unspecified atom stereocenters. The molecule has 24 heavy (non-hydrogen) atoms. The highest BCUT2D eigenvalue weighted by atomic mass is 16.1. The van der Waals surface area contributed by atoms with Crippen LogP contribution in [-0.4, -0.2) is 28.2 Å². The van der Waals surface area contributed by atoms with Crippen molar-refractivity contribution in [1.82, 2.24) is 20.4 Å². The van der Waals surface area contributed by atoms with Crippen LogP contribution in [0.3, 0.4) is 0 Å². The number of aliphatic imine (C=N–C) groups is 1. The number of carbonyl (C=O) groups excluding carboxylic acids is 1. The van der Waals surface area contributed by atoms with Gasteiger partial charge in [0.1, 0.15) is 0 Å². The van der Waals surface area contributed by atoms with Gasteiger partial charge in [-0.3, -0.25) is 9.48 Å². The van der Waals surface area contributed by atoms with Gasteiger partial charge in [0.2, 0.25) is 5.91 Å². The lowest BCUT2D eigenvalue weighted by atomic mass is 10.2. The quantitative estimate of drug-likeness (QED) is 0.556. The lowest BCUT2D eigenvalue weighted by Crippen LogP contribution is -2.37. The Kier molecular flexibility index (Phi) is 6.36. The molecule has 0 spiro atoms. The normalized spacial score (nSPS) is 11.2. The first-order valence-corrected chi connectivity index (χ1v) is 7.94. The van der Waals surface area contributed by atoms with Gasteiger partial charge in [-0.1, -0.05) is 12.1 Å². The minimum absolute atomic E-state index is 0.0816. The first-order chi connectivity index (χ1) is 11.6. The zero-order valence-electron chi connectivity index (χ0n) is 14.3. The van der Waals surface area contributed by atoms with Gasteiger partial charge in [-0.25, -0.2) is 4.99 Å². The molecule has 0 saturated carbocycles. The van der Waals surface area contributed by atoms with E-state index in [9.17, 15) is 4.79 Å². The molecule has 0 aliphatic carbocycles. The van der Waals surface area contributed by atoms with Crippen molar-refractivity contribution in [2.24, 2.45) is 12.0 Å². The van der Waals surface area contributed by atoms with Crippen LogP contribution in [0.5, 0.6) is 0 Å². The zero-order chi connectivity index (χ0) is 17.4. The van der Waals surface area contributed by atoms with E-state index in [2.05, 4.69) is 26.0 Å². The van der Waals surface area contributed by atoms with E-state index < -0.39 is 0 Å². The van der Waals surface area contributed by atoms with Crippen LogP contribution in [0.15, 0.2) is 41.5 Å². The van der Waals surface area contributed by atoms with Crippen molar-refractivity contribution < 1.29 is 4.79 Å². The van der Waals surface area contributed by atoms with Crippen LogP contribution in [0.4, 0.5) is 5.69 Å². The second-order valence-electron chi connectivity index (χ2n) is 5.38. The van der Waals surface area contributed by atoms with Crippen molar-refractivity contribution in [3.8, 4) is 0 Å². The number of benzene rings is 1. The van der Waals surface area contributed by atoms with Gasteiger partial charge in [-0.05, 0) is 30.7 Å². The molecule has 128 valence electrons. The van der Waals surface area contributed by atoms with Gasteiger partial charge in [0.05, 0.1) is 18.8 Å². The lowest BCUT2D eigenvalue weighted by molar-refractivity contribution is -0.114. The molecule has 3 N–H and O–H groups in total. The number of nitrogens with one attached hydrogen (secondary N) is 3. The number of rotatable bonds is 6. The van der Waals surface area contributed by atoms with Crippen molar-refractivity contribution in [2.45, 2.75) is 26.9 Å². The van der Waals surface area contributed by atoms with Crippen LogP contribution in [0, 0.1) is 0 Å². The van der Waals surface area contributed by atoms with Crippen molar-refractivity contribution in [1.29, 1.82) is 0 Å². The SMILES string of the molecule is CCNC(=NCc1cccc(NC(C)=O)c1)NCc1ccnn1C. The molecule has 0 atom stereocenters. The lowest BCUT2D eigenvalue weighted by Gasteiger charge is -2.11. The maximum atomic E-state index is 11.1. The number of nitrogens with zero attached hydrogens (tertiary/aromatic N) is 3. The fourth-order valence-electron chi connectivity index (χ4n) is 2.21. The summed E-state index contributed by atoms with van der Waals surface area (Å²) in [6.45, 7) is 5.47. The Morgan fingerprint density at radius 3 is 2.79 bits per heavy atom. The number of hydrogen-bond donors (Lipinski definition) is 3. The highest BCUT2D eigenvalue weighted by molar-refractivity contribution is 5.88. The average Bonchev–Trinajstić information content (AvgIpc) is 2.95. The second kappa shape index (κ2) is 8.71. The standard InChI is InChI=1S/C17H24N6O/c1-4-18-17(20-12-16-8-9-21-23(16)3)19-11-14-6-5-7-15(10-14)22-13(2)24/h5-10H,4,11-12H2,1-3H3,(H,22,24)(H2,18,19,20). The molecule has 7 heteroatoms. The molecule has 1 aromatic carbocycles. The molecule has 1 amide bonds. The van der Waals surface area contributed by atoms with Gasteiger partial charge in [0, 0.05) is 32.4 Å². The number of aromatic nitrogens is 2. The fraction of sp³-hybridized carbons (Fsp3) is 0.353. The summed E-state index contributed by atoms with van der Waals surface area (Å²) >= 11 is 0. The Balaban J connectivity index is 1.99. The van der Waals surface area contributed by atoms with E-state index in [0.717, 1.165) is 29.4 Å². The number of guanidine groups is 1. The smallest absolute Gasteiger partial charge is 0.221 e. The van der Waals surface area contributed by atoms with E-state index >= 15 is 0 Å². The van der Waals surface area contributed by atoms with Gasteiger partial charge < -0.3 is 16.0 Å². The molecular formula is C17H24N6O. The molecule has 0 bridgehead atoms. The third kappa shape index (κ3) is 5.42. The summed E-state index contributed by atoms with van der Waals surface area (Å²) in [4.78, 5) is 15.7. The predicted octanol–water partition coefficient (Wildman–Crippen LogP) is 1.63. The number of aryl methyl sites for hydroxylation is 1. The third-order valence-electron chi connectivity index (χ3n) is 3.37. The molecule has 0 aliphatic rings. The second-order valence-corrected chi connectivity index (χ2v) is 5.38. The minimum atomic E-state index is -0.0816. The number of amides is 1. The van der Waals surface area contributed by atoms with E-state index in [1.807, 2.05) is 49.0 Å². The van der Waals surface area contributed by atoms with E-state index in [4.69, 9.17) is 0 Å². The topological polar surface area (TPSA) is 83.3 Å². The van der Waals surface area contributed by atoms with Crippen molar-refractivity contribution in [3.05, 3.63) is 47.8 Å². The first-order valence-electron chi connectivity index (χ1n) is 7.94. The third-order valence-corrected chi connectivity index (χ3v) is 3.37. The molecule has 0 radical (unpaired) electrons. The van der Waals surface area contributed by atoms with E-state index in [1.54, 1.807) is 6.20 Å². The van der Waals surface area contributed by atoms with Crippen molar-refractivity contribution in [2.75, 3.05) is 11.9 Å². The summed E-state index contributed by atoms with van der Waals surface area (Å²) in [5, 5.41) is 13.4. The van der Waals surface area contributed by atoms with Crippen LogP contribution in [0.25, 0.3) is 0 Å². The summed E-state index contributed by atoms with van der Waals surface area (Å²) < 4.78 is 1.83. The number of anilines is 1. The van der Waals surface area contributed by atoms with Crippen molar-refractivity contribution in [3.63, 3.8) is 0 Å². The molecule has 1 aromatic heterocycles. The van der Waals surface area contributed by atoms with Crippen LogP contribution in [0.1, 0.15) is 25.1 Å². The van der Waals surface area contributed by atoms with Gasteiger partial charge >= 0.3 is 0 Å². The molecule has 0 fully saturated rings. The number of carbonyl (C=O) groups is 1. The van der Waals surface area contributed by atoms with E-state index in [1.165, 1.54) is 6.92 Å². The molecule has 1 heterocycles. The average molecular weight is 328 g/mol. The monoisotopic (exact) mass is 328 g/mol. The van der Waals surface area contributed by atoms with Gasteiger partial charge in [0.15, 0.2) is 5.96 Å². The summed E-state index contributed by atoms with van der Waals surface area (Å²) in [7, 11) is 1.91. The Hall–Kier alpha value is -2.83. The summed E-state index contributed by atoms with van der Waals surface area (Å²) in [6, 6.07) is 9.65. The van der Waals surface area contributed by atoms with E-state index in [0.29, 0.717) is 13.1 Å². The molecule has 7 nitrogen and oxygen atoms in total. The highest BCUT2D eigenvalue weighted by Gasteiger charge is 2.02. The molecule has 0 aliphatic heterocycles. The zero-order valence-corrected chi connectivity index (χ0v) is 14.3. The largest absolute Gasteiger partial charge is 0.357 e. The minimum Gasteiger partial charge on any atom is -0.357 e. The summed E-state index contributed by atoms with van der Waals surface area (Å²) in [5.74, 6) is 0.658. The Bertz CT molecular complexity index is 707. The van der Waals surface area contributed by atoms with Gasteiger partial charge in [-0.2, -0.15) is 5.10 Å². The maximum absolute atomic E-state index is 11.1. The van der Waals surface area contributed by atoms with Crippen LogP contribution >= 0.6 is 0 Å². The summed E-state index contributed by atoms with van der Waals surface area (Å²) in [6.07, 6.45) is 1.77. The first kappa shape index (κ1) is 17.5. The molecule has 2 rings (SSSR count). The Morgan fingerprint density at radius 2 is 2.12 bits per heavy atom.